The predicted molar refractivity (Wildman–Crippen MR) is 89.5 cm³/mol. The van der Waals surface area contributed by atoms with Gasteiger partial charge < -0.3 is 10.6 Å². The molecule has 7 heteroatoms. The van der Waals surface area contributed by atoms with Crippen LogP contribution in [0.25, 0.3) is 0 Å². The Hall–Kier alpha value is -1.44. The van der Waals surface area contributed by atoms with Crippen molar-refractivity contribution in [1.82, 2.24) is 9.21 Å². The highest BCUT2D eigenvalue weighted by Crippen LogP contribution is 2.22. The van der Waals surface area contributed by atoms with E-state index in [2.05, 4.69) is 0 Å². The molecule has 1 saturated heterocycles. The van der Waals surface area contributed by atoms with Gasteiger partial charge in [-0.3, -0.25) is 4.79 Å². The van der Waals surface area contributed by atoms with E-state index in [1.165, 1.54) is 4.31 Å². The highest BCUT2D eigenvalue weighted by atomic mass is 32.2. The van der Waals surface area contributed by atoms with E-state index in [9.17, 15) is 13.2 Å². The van der Waals surface area contributed by atoms with E-state index in [1.807, 2.05) is 19.1 Å². The molecule has 1 aromatic carbocycles. The smallest absolute Gasteiger partial charge is 0.243 e. The number of benzene rings is 1. The second-order valence-electron chi connectivity index (χ2n) is 6.24. The fourth-order valence-electron chi connectivity index (χ4n) is 2.71. The molecule has 1 aliphatic heterocycles. The summed E-state index contributed by atoms with van der Waals surface area (Å²) in [5.41, 5.74) is 7.31. The molecule has 0 aliphatic carbocycles. The van der Waals surface area contributed by atoms with Crippen LogP contribution in [0.15, 0.2) is 23.1 Å². The van der Waals surface area contributed by atoms with Gasteiger partial charge in [-0.05, 0) is 38.0 Å². The van der Waals surface area contributed by atoms with Crippen molar-refractivity contribution in [3.63, 3.8) is 0 Å². The van der Waals surface area contributed by atoms with E-state index >= 15 is 0 Å². The third-order valence-corrected chi connectivity index (χ3v) is 6.09. The molecule has 0 aromatic heterocycles. The van der Waals surface area contributed by atoms with Crippen molar-refractivity contribution < 1.29 is 13.2 Å². The number of carbonyl (C=O) groups excluding carboxylic acids is 1. The molecule has 1 atom stereocenters. The number of amides is 1. The molecule has 0 bridgehead atoms. The summed E-state index contributed by atoms with van der Waals surface area (Å²) >= 11 is 0. The van der Waals surface area contributed by atoms with Gasteiger partial charge in [-0.25, -0.2) is 8.42 Å². The molecule has 6 nitrogen and oxygen atoms in total. The Morgan fingerprint density at radius 3 is 2.39 bits per heavy atom. The van der Waals surface area contributed by atoms with Gasteiger partial charge in [0.25, 0.3) is 0 Å². The van der Waals surface area contributed by atoms with Gasteiger partial charge in [0.05, 0.1) is 4.90 Å². The number of carbonyl (C=O) groups is 1. The summed E-state index contributed by atoms with van der Waals surface area (Å²) in [6.07, 6.45) is 0.295. The minimum atomic E-state index is -3.52. The minimum Gasteiger partial charge on any atom is -0.340 e. The van der Waals surface area contributed by atoms with Gasteiger partial charge in [0.2, 0.25) is 15.9 Å². The van der Waals surface area contributed by atoms with Crippen LogP contribution in [-0.4, -0.2) is 55.8 Å². The Morgan fingerprint density at radius 2 is 1.83 bits per heavy atom. The van der Waals surface area contributed by atoms with Crippen molar-refractivity contribution in [2.24, 2.45) is 5.73 Å². The SMILES string of the molecule is Cc1ccc(C)c(S(=O)(=O)N2CCN(C(=O)CC(C)N)CC2)c1. The summed E-state index contributed by atoms with van der Waals surface area (Å²) in [4.78, 5) is 14.1. The maximum Gasteiger partial charge on any atom is 0.243 e. The van der Waals surface area contributed by atoms with E-state index in [-0.39, 0.29) is 11.9 Å². The molecule has 23 heavy (non-hydrogen) atoms. The number of aryl methyl sites for hydroxylation is 2. The lowest BCUT2D eigenvalue weighted by atomic mass is 10.2. The molecule has 2 rings (SSSR count). The van der Waals surface area contributed by atoms with Crippen LogP contribution < -0.4 is 5.73 Å². The van der Waals surface area contributed by atoms with Crippen LogP contribution in [0.2, 0.25) is 0 Å². The number of nitrogens with zero attached hydrogens (tertiary/aromatic N) is 2. The molecule has 0 saturated carbocycles. The first-order valence-corrected chi connectivity index (χ1v) is 9.26. The van der Waals surface area contributed by atoms with Gasteiger partial charge in [-0.2, -0.15) is 4.31 Å². The van der Waals surface area contributed by atoms with Gasteiger partial charge in [-0.15, -0.1) is 0 Å². The minimum absolute atomic E-state index is 0.0104. The summed E-state index contributed by atoms with van der Waals surface area (Å²) in [6, 6.07) is 5.25. The summed E-state index contributed by atoms with van der Waals surface area (Å²) in [6.45, 7) is 6.93. The number of nitrogens with two attached hydrogens (primary N) is 1. The first-order valence-electron chi connectivity index (χ1n) is 7.82. The molecule has 1 unspecified atom stereocenters. The van der Waals surface area contributed by atoms with E-state index in [4.69, 9.17) is 5.73 Å². The van der Waals surface area contributed by atoms with Crippen molar-refractivity contribution in [1.29, 1.82) is 0 Å². The fraction of sp³-hybridized carbons (Fsp3) is 0.562. The van der Waals surface area contributed by atoms with Crippen LogP contribution in [0, 0.1) is 13.8 Å². The van der Waals surface area contributed by atoms with Crippen molar-refractivity contribution in [3.8, 4) is 0 Å². The van der Waals surface area contributed by atoms with Crippen LogP contribution in [0.3, 0.4) is 0 Å². The fourth-order valence-corrected chi connectivity index (χ4v) is 4.44. The normalized spacial score (nSPS) is 18.0. The molecule has 0 radical (unpaired) electrons. The van der Waals surface area contributed by atoms with Crippen LogP contribution in [-0.2, 0) is 14.8 Å². The third-order valence-electron chi connectivity index (χ3n) is 4.05. The molecular formula is C16H25N3O3S. The number of piperazine rings is 1. The lowest BCUT2D eigenvalue weighted by Gasteiger charge is -2.34. The lowest BCUT2D eigenvalue weighted by Crippen LogP contribution is -2.51. The summed E-state index contributed by atoms with van der Waals surface area (Å²) in [5, 5.41) is 0. The Morgan fingerprint density at radius 1 is 1.22 bits per heavy atom. The second-order valence-corrected chi connectivity index (χ2v) is 8.14. The summed E-state index contributed by atoms with van der Waals surface area (Å²) in [7, 11) is -3.52. The zero-order valence-corrected chi connectivity index (χ0v) is 14.8. The maximum absolute atomic E-state index is 12.8. The highest BCUT2D eigenvalue weighted by Gasteiger charge is 2.31. The molecule has 128 valence electrons. The van der Waals surface area contributed by atoms with E-state index in [0.717, 1.165) is 11.1 Å². The number of hydrogen-bond donors (Lipinski definition) is 1. The zero-order chi connectivity index (χ0) is 17.2. The van der Waals surface area contributed by atoms with E-state index < -0.39 is 10.0 Å². The molecule has 2 N–H and O–H groups in total. The first kappa shape index (κ1) is 17.9. The lowest BCUT2D eigenvalue weighted by molar-refractivity contribution is -0.132. The van der Waals surface area contributed by atoms with Gasteiger partial charge in [0.15, 0.2) is 0 Å². The topological polar surface area (TPSA) is 83.7 Å². The predicted octanol–water partition coefficient (Wildman–Crippen LogP) is 0.874. The second kappa shape index (κ2) is 6.98. The molecular weight excluding hydrogens is 314 g/mol. The third kappa shape index (κ3) is 4.10. The Balaban J connectivity index is 2.10. The Kier molecular flexibility index (Phi) is 5.44. The van der Waals surface area contributed by atoms with Crippen molar-refractivity contribution in [2.45, 2.75) is 38.1 Å². The largest absolute Gasteiger partial charge is 0.340 e. The van der Waals surface area contributed by atoms with E-state index in [0.29, 0.717) is 37.5 Å². The molecule has 1 aliphatic rings. The molecule has 0 spiro atoms. The standard InChI is InChI=1S/C16H25N3O3S/c1-12-4-5-13(2)15(10-12)23(21,22)19-8-6-18(7-9-19)16(20)11-14(3)17/h4-5,10,14H,6-9,11,17H2,1-3H3. The number of rotatable bonds is 4. The summed E-state index contributed by atoms with van der Waals surface area (Å²) < 4.78 is 27.1. The average Bonchev–Trinajstić information content (AvgIpc) is 2.49. The first-order chi connectivity index (χ1) is 10.7. The van der Waals surface area contributed by atoms with Crippen LogP contribution in [0.5, 0.6) is 0 Å². The highest BCUT2D eigenvalue weighted by molar-refractivity contribution is 7.89. The molecule has 1 aromatic rings. The maximum atomic E-state index is 12.8. The Labute approximate surface area is 138 Å². The molecule has 1 amide bonds. The van der Waals surface area contributed by atoms with Crippen molar-refractivity contribution >= 4 is 15.9 Å². The van der Waals surface area contributed by atoms with Crippen LogP contribution in [0.4, 0.5) is 0 Å². The van der Waals surface area contributed by atoms with Gasteiger partial charge in [0.1, 0.15) is 0 Å². The zero-order valence-electron chi connectivity index (χ0n) is 13.9. The molecule has 1 fully saturated rings. The quantitative estimate of drug-likeness (QED) is 0.882. The Bertz CT molecular complexity index is 678. The average molecular weight is 339 g/mol. The van der Waals surface area contributed by atoms with Gasteiger partial charge in [-0.1, -0.05) is 12.1 Å². The van der Waals surface area contributed by atoms with Crippen LogP contribution in [0.1, 0.15) is 24.5 Å². The molecule has 1 heterocycles. The van der Waals surface area contributed by atoms with Crippen LogP contribution >= 0.6 is 0 Å². The van der Waals surface area contributed by atoms with E-state index in [1.54, 1.807) is 24.8 Å². The number of sulfonamides is 1. The van der Waals surface area contributed by atoms with Crippen molar-refractivity contribution in [3.05, 3.63) is 29.3 Å². The monoisotopic (exact) mass is 339 g/mol. The van der Waals surface area contributed by atoms with Crippen molar-refractivity contribution in [2.75, 3.05) is 26.2 Å². The number of hydrogen-bond acceptors (Lipinski definition) is 4. The summed E-state index contributed by atoms with van der Waals surface area (Å²) in [5.74, 6) is -0.0104. The van der Waals surface area contributed by atoms with Gasteiger partial charge >= 0.3 is 0 Å². The van der Waals surface area contributed by atoms with Gasteiger partial charge in [0, 0.05) is 38.6 Å².